The summed E-state index contributed by atoms with van der Waals surface area (Å²) in [6.07, 6.45) is 29.9. The lowest BCUT2D eigenvalue weighted by Gasteiger charge is -2.35. The number of aliphatic hydroxyl groups is 1. The van der Waals surface area contributed by atoms with Crippen LogP contribution in [0.25, 0.3) is 0 Å². The van der Waals surface area contributed by atoms with Gasteiger partial charge >= 0.3 is 7.60 Å². The van der Waals surface area contributed by atoms with E-state index in [9.17, 15) is 19.5 Å². The maximum absolute atomic E-state index is 11.8. The van der Waals surface area contributed by atoms with Gasteiger partial charge in [0.2, 0.25) is 5.34 Å². The number of allylic oxidation sites excluding steroid dienone is 4. The van der Waals surface area contributed by atoms with Crippen LogP contribution >= 0.6 is 7.60 Å². The van der Waals surface area contributed by atoms with Gasteiger partial charge < -0.3 is 19.4 Å². The maximum Gasteiger partial charge on any atom is 0.362 e. The van der Waals surface area contributed by atoms with E-state index in [1.54, 1.807) is 0 Å². The normalized spacial score (nSPS) is 14.9. The van der Waals surface area contributed by atoms with Gasteiger partial charge in [-0.1, -0.05) is 82.6 Å². The topological polar surface area (TPSA) is 77.8 Å². The second kappa shape index (κ2) is 19.7. The Balaban J connectivity index is 3.65. The highest BCUT2D eigenvalue weighted by Crippen LogP contribution is 2.52. The van der Waals surface area contributed by atoms with Crippen LogP contribution in [-0.4, -0.2) is 52.4 Å². The quantitative estimate of drug-likeness (QED) is 0.0578. The van der Waals surface area contributed by atoms with Gasteiger partial charge in [0.15, 0.2) is 0 Å². The van der Waals surface area contributed by atoms with E-state index in [2.05, 4.69) is 31.2 Å². The molecule has 0 saturated carbocycles. The zero-order chi connectivity index (χ0) is 25.8. The SMILES string of the molecule is CCCCCCCCCCC/C=C\CCCC/C=C\CCCCC(O)(C[N+](C)(C)C)P(=O)(O)O. The van der Waals surface area contributed by atoms with E-state index in [0.717, 1.165) is 19.3 Å². The van der Waals surface area contributed by atoms with Crippen molar-refractivity contribution in [3.8, 4) is 0 Å². The average molecular weight is 503 g/mol. The number of likely N-dealkylation sites (N-methyl/N-ethyl adjacent to an activating group) is 1. The Labute approximate surface area is 211 Å². The van der Waals surface area contributed by atoms with E-state index >= 15 is 0 Å². The minimum atomic E-state index is -4.56. The van der Waals surface area contributed by atoms with Gasteiger partial charge in [0.1, 0.15) is 6.54 Å². The Bertz CT molecular complexity index is 579. The van der Waals surface area contributed by atoms with Crippen LogP contribution in [0.5, 0.6) is 0 Å². The average Bonchev–Trinajstić information content (AvgIpc) is 2.73. The first-order chi connectivity index (χ1) is 16.0. The minimum absolute atomic E-state index is 0.0424. The van der Waals surface area contributed by atoms with E-state index in [1.165, 1.54) is 83.5 Å². The molecule has 0 heterocycles. The molecule has 5 nitrogen and oxygen atoms in total. The lowest BCUT2D eigenvalue weighted by atomic mass is 10.1. The highest BCUT2D eigenvalue weighted by molar-refractivity contribution is 7.53. The standard InChI is InChI=1S/C28H56NO4P/c1-5-6-7-8-9-10-11-12-13-14-15-16-17-18-19-20-21-22-23-24-25-26-28(30,34(31,32)33)27-29(2,3)4/h15-16,21-22,30H,5-14,17-20,23-27H2,1-4H3,(H-,31,32,33)/p+1/b16-15-,22-21-. The van der Waals surface area contributed by atoms with Gasteiger partial charge in [0, 0.05) is 0 Å². The highest BCUT2D eigenvalue weighted by Gasteiger charge is 2.48. The first kappa shape index (κ1) is 33.5. The molecule has 0 saturated heterocycles. The Morgan fingerprint density at radius 3 is 1.38 bits per heavy atom. The summed E-state index contributed by atoms with van der Waals surface area (Å²) < 4.78 is 12.1. The van der Waals surface area contributed by atoms with Crippen molar-refractivity contribution in [2.24, 2.45) is 0 Å². The van der Waals surface area contributed by atoms with Crippen LogP contribution in [0, 0.1) is 0 Å². The van der Waals surface area contributed by atoms with E-state index in [4.69, 9.17) is 0 Å². The van der Waals surface area contributed by atoms with Gasteiger partial charge in [-0.05, 0) is 64.2 Å². The molecule has 0 aromatic rings. The first-order valence-corrected chi connectivity index (χ1v) is 15.5. The molecule has 202 valence electrons. The second-order valence-corrected chi connectivity index (χ2v) is 13.0. The van der Waals surface area contributed by atoms with Crippen molar-refractivity contribution in [3.05, 3.63) is 24.3 Å². The highest BCUT2D eigenvalue weighted by atomic mass is 31.2. The van der Waals surface area contributed by atoms with Crippen LogP contribution in [0.15, 0.2) is 24.3 Å². The number of hydrogen-bond acceptors (Lipinski definition) is 2. The molecular formula is C28H57NO4P+. The van der Waals surface area contributed by atoms with Gasteiger partial charge in [-0.15, -0.1) is 0 Å². The van der Waals surface area contributed by atoms with E-state index in [0.29, 0.717) is 10.9 Å². The molecule has 0 aromatic carbocycles. The van der Waals surface area contributed by atoms with Crippen LogP contribution in [0.3, 0.4) is 0 Å². The molecule has 0 amide bonds. The van der Waals surface area contributed by atoms with Gasteiger partial charge in [0.05, 0.1) is 21.1 Å². The summed E-state index contributed by atoms with van der Waals surface area (Å²) in [5, 5.41) is 8.61. The van der Waals surface area contributed by atoms with Crippen molar-refractivity contribution in [2.45, 2.75) is 128 Å². The molecule has 0 radical (unpaired) electrons. The molecule has 0 aliphatic heterocycles. The van der Waals surface area contributed by atoms with Crippen molar-refractivity contribution >= 4 is 7.60 Å². The zero-order valence-electron chi connectivity index (χ0n) is 22.9. The number of nitrogens with zero attached hydrogens (tertiary/aromatic N) is 1. The Morgan fingerprint density at radius 1 is 0.647 bits per heavy atom. The molecule has 0 spiro atoms. The summed E-state index contributed by atoms with van der Waals surface area (Å²) in [7, 11) is 0.928. The summed E-state index contributed by atoms with van der Waals surface area (Å²) in [5.74, 6) is 0. The predicted octanol–water partition coefficient (Wildman–Crippen LogP) is 7.71. The molecule has 0 aliphatic carbocycles. The lowest BCUT2D eigenvalue weighted by Crippen LogP contribution is -2.49. The molecule has 3 N–H and O–H groups in total. The van der Waals surface area contributed by atoms with Gasteiger partial charge in [-0.25, -0.2) is 0 Å². The third-order valence-corrected chi connectivity index (χ3v) is 7.72. The minimum Gasteiger partial charge on any atom is -0.373 e. The molecule has 6 heteroatoms. The molecule has 1 atom stereocenters. The molecule has 0 fully saturated rings. The van der Waals surface area contributed by atoms with Crippen molar-refractivity contribution in [3.63, 3.8) is 0 Å². The maximum atomic E-state index is 11.8. The number of unbranched alkanes of at least 4 members (excludes halogenated alkanes) is 14. The molecule has 0 rings (SSSR count). The third kappa shape index (κ3) is 19.8. The largest absolute Gasteiger partial charge is 0.373 e. The second-order valence-electron chi connectivity index (χ2n) is 11.1. The Kier molecular flexibility index (Phi) is 19.4. The Morgan fingerprint density at radius 2 is 1.00 bits per heavy atom. The number of hydrogen-bond donors (Lipinski definition) is 3. The van der Waals surface area contributed by atoms with E-state index < -0.39 is 12.9 Å². The Hall–Kier alpha value is -0.450. The molecular weight excluding hydrogens is 445 g/mol. The fraction of sp³-hybridized carbons (Fsp3) is 0.857. The molecule has 0 aromatic heterocycles. The number of rotatable bonds is 23. The van der Waals surface area contributed by atoms with Crippen molar-refractivity contribution in [1.29, 1.82) is 0 Å². The monoisotopic (exact) mass is 502 g/mol. The van der Waals surface area contributed by atoms with E-state index in [1.807, 2.05) is 21.1 Å². The fourth-order valence-electron chi connectivity index (χ4n) is 4.32. The van der Waals surface area contributed by atoms with Crippen molar-refractivity contribution in [2.75, 3.05) is 27.7 Å². The third-order valence-electron chi connectivity index (χ3n) is 6.27. The van der Waals surface area contributed by atoms with Gasteiger partial charge in [-0.3, -0.25) is 4.57 Å². The predicted molar refractivity (Wildman–Crippen MR) is 147 cm³/mol. The van der Waals surface area contributed by atoms with Crippen LogP contribution < -0.4 is 0 Å². The fourth-order valence-corrected chi connectivity index (χ4v) is 5.37. The van der Waals surface area contributed by atoms with Crippen molar-refractivity contribution in [1.82, 2.24) is 0 Å². The van der Waals surface area contributed by atoms with Crippen LogP contribution in [0.1, 0.15) is 122 Å². The number of quaternary nitrogens is 1. The van der Waals surface area contributed by atoms with E-state index in [-0.39, 0.29) is 13.0 Å². The molecule has 0 aliphatic rings. The van der Waals surface area contributed by atoms with Crippen LogP contribution in [-0.2, 0) is 4.57 Å². The zero-order valence-corrected chi connectivity index (χ0v) is 23.8. The lowest BCUT2D eigenvalue weighted by molar-refractivity contribution is -0.875. The molecule has 0 bridgehead atoms. The summed E-state index contributed by atoms with van der Waals surface area (Å²) in [5.41, 5.74) is 0. The van der Waals surface area contributed by atoms with Gasteiger partial charge in [-0.2, -0.15) is 0 Å². The van der Waals surface area contributed by atoms with Gasteiger partial charge in [0.25, 0.3) is 0 Å². The first-order valence-electron chi connectivity index (χ1n) is 13.9. The summed E-state index contributed by atoms with van der Waals surface area (Å²) >= 11 is 0. The molecule has 1 unspecified atom stereocenters. The van der Waals surface area contributed by atoms with Crippen LogP contribution in [0.2, 0.25) is 0 Å². The summed E-state index contributed by atoms with van der Waals surface area (Å²) in [4.78, 5) is 19.2. The summed E-state index contributed by atoms with van der Waals surface area (Å²) in [6.45, 7) is 2.31. The summed E-state index contributed by atoms with van der Waals surface area (Å²) in [6, 6.07) is 0. The smallest absolute Gasteiger partial charge is 0.362 e. The van der Waals surface area contributed by atoms with Crippen LogP contribution in [0.4, 0.5) is 0 Å². The van der Waals surface area contributed by atoms with Crippen molar-refractivity contribution < 1.29 is 23.9 Å². The molecule has 34 heavy (non-hydrogen) atoms.